The molecule has 1 atom stereocenters. The third kappa shape index (κ3) is 2.68. The molecule has 0 bridgehead atoms. The van der Waals surface area contributed by atoms with Crippen LogP contribution in [0.5, 0.6) is 0 Å². The number of nitrogens with zero attached hydrogens (tertiary/aromatic N) is 1. The Morgan fingerprint density at radius 1 is 1.38 bits per heavy atom. The smallest absolute Gasteiger partial charge is 0.227 e. The highest BCUT2D eigenvalue weighted by Gasteiger charge is 2.26. The highest BCUT2D eigenvalue weighted by atomic mass is 16.3. The number of aromatic nitrogens is 1. The van der Waals surface area contributed by atoms with Gasteiger partial charge < -0.3 is 15.0 Å². The summed E-state index contributed by atoms with van der Waals surface area (Å²) in [7, 11) is 0. The van der Waals surface area contributed by atoms with Gasteiger partial charge in [0.05, 0.1) is 19.1 Å². The van der Waals surface area contributed by atoms with Crippen LogP contribution in [0.1, 0.15) is 30.5 Å². The van der Waals surface area contributed by atoms with E-state index in [1.807, 2.05) is 30.0 Å². The molecule has 3 rings (SSSR count). The van der Waals surface area contributed by atoms with E-state index in [9.17, 15) is 9.90 Å². The number of rotatable bonds is 3. The molecule has 1 saturated heterocycles. The van der Waals surface area contributed by atoms with Crippen molar-refractivity contribution in [2.24, 2.45) is 0 Å². The average molecular weight is 286 g/mol. The first-order valence-corrected chi connectivity index (χ1v) is 7.67. The van der Waals surface area contributed by atoms with Gasteiger partial charge in [-0.2, -0.15) is 0 Å². The molecule has 2 heterocycles. The minimum absolute atomic E-state index is 0.00300. The normalized spacial score (nSPS) is 19.1. The molecule has 1 unspecified atom stereocenters. The maximum atomic E-state index is 12.6. The summed E-state index contributed by atoms with van der Waals surface area (Å²) in [6.07, 6.45) is 3.46. The number of nitrogens with one attached hydrogen (secondary N) is 1. The lowest BCUT2D eigenvalue weighted by Crippen LogP contribution is -2.46. The van der Waals surface area contributed by atoms with E-state index in [-0.39, 0.29) is 18.6 Å². The Hall–Kier alpha value is -1.81. The molecule has 0 saturated carbocycles. The van der Waals surface area contributed by atoms with Crippen LogP contribution in [-0.2, 0) is 11.2 Å². The zero-order valence-electron chi connectivity index (χ0n) is 12.4. The van der Waals surface area contributed by atoms with Gasteiger partial charge in [0.1, 0.15) is 0 Å². The van der Waals surface area contributed by atoms with Crippen molar-refractivity contribution in [2.45, 2.75) is 38.6 Å². The number of aryl methyl sites for hydroxylation is 1. The lowest BCUT2D eigenvalue weighted by atomic mass is 10.0. The molecule has 4 nitrogen and oxygen atoms in total. The van der Waals surface area contributed by atoms with Crippen LogP contribution in [0.25, 0.3) is 10.9 Å². The van der Waals surface area contributed by atoms with E-state index >= 15 is 0 Å². The summed E-state index contributed by atoms with van der Waals surface area (Å²) in [5.41, 5.74) is 3.22. The Morgan fingerprint density at radius 2 is 2.19 bits per heavy atom. The Bertz CT molecular complexity index is 647. The number of benzene rings is 1. The van der Waals surface area contributed by atoms with Gasteiger partial charge in [-0.05, 0) is 37.8 Å². The van der Waals surface area contributed by atoms with Crippen LogP contribution in [0.3, 0.4) is 0 Å². The molecule has 112 valence electrons. The van der Waals surface area contributed by atoms with Crippen molar-refractivity contribution in [3.63, 3.8) is 0 Å². The van der Waals surface area contributed by atoms with Crippen molar-refractivity contribution in [2.75, 3.05) is 13.2 Å². The number of aromatic amines is 1. The molecular weight excluding hydrogens is 264 g/mol. The van der Waals surface area contributed by atoms with E-state index in [0.29, 0.717) is 6.42 Å². The fraction of sp³-hybridized carbons (Fsp3) is 0.471. The molecule has 21 heavy (non-hydrogen) atoms. The number of hydrogen-bond acceptors (Lipinski definition) is 2. The van der Waals surface area contributed by atoms with Crippen LogP contribution in [-0.4, -0.2) is 40.1 Å². The lowest BCUT2D eigenvalue weighted by molar-refractivity contribution is -0.135. The predicted octanol–water partition coefficient (Wildman–Crippen LogP) is 2.39. The molecule has 1 aliphatic rings. The molecule has 0 radical (unpaired) electrons. The highest BCUT2D eigenvalue weighted by Crippen LogP contribution is 2.24. The lowest BCUT2D eigenvalue weighted by Gasteiger charge is -2.34. The zero-order chi connectivity index (χ0) is 14.8. The van der Waals surface area contributed by atoms with Gasteiger partial charge in [-0.1, -0.05) is 18.2 Å². The number of para-hydroxylation sites is 1. The number of hydrogen-bond donors (Lipinski definition) is 2. The number of H-pyrrole nitrogens is 1. The maximum absolute atomic E-state index is 12.6. The van der Waals surface area contributed by atoms with Gasteiger partial charge in [-0.15, -0.1) is 0 Å². The maximum Gasteiger partial charge on any atom is 0.227 e. The fourth-order valence-corrected chi connectivity index (χ4v) is 3.33. The largest absolute Gasteiger partial charge is 0.394 e. The second kappa shape index (κ2) is 5.90. The number of carbonyl (C=O) groups is 1. The number of fused-ring (bicyclic) bond motifs is 1. The molecule has 2 N–H and O–H groups in total. The minimum Gasteiger partial charge on any atom is -0.394 e. The van der Waals surface area contributed by atoms with E-state index in [4.69, 9.17) is 0 Å². The van der Waals surface area contributed by atoms with Gasteiger partial charge >= 0.3 is 0 Å². The number of aliphatic hydroxyl groups excluding tert-OH is 1. The third-order valence-corrected chi connectivity index (χ3v) is 4.51. The molecule has 0 spiro atoms. The highest BCUT2D eigenvalue weighted by molar-refractivity contribution is 5.90. The van der Waals surface area contributed by atoms with E-state index in [2.05, 4.69) is 11.1 Å². The van der Waals surface area contributed by atoms with Gasteiger partial charge in [0, 0.05) is 23.1 Å². The Balaban J connectivity index is 1.84. The summed E-state index contributed by atoms with van der Waals surface area (Å²) in [5.74, 6) is 0.126. The summed E-state index contributed by atoms with van der Waals surface area (Å²) in [6.45, 7) is 2.85. The van der Waals surface area contributed by atoms with Crippen LogP contribution in [0.2, 0.25) is 0 Å². The number of likely N-dealkylation sites (tertiary alicyclic amines) is 1. The minimum atomic E-state index is -0.00300. The first-order chi connectivity index (χ1) is 10.2. The van der Waals surface area contributed by atoms with Crippen molar-refractivity contribution in [1.82, 2.24) is 9.88 Å². The van der Waals surface area contributed by atoms with Crippen LogP contribution in [0.15, 0.2) is 24.3 Å². The molecule has 1 fully saturated rings. The number of carbonyl (C=O) groups excluding carboxylic acids is 1. The van der Waals surface area contributed by atoms with Gasteiger partial charge in [0.15, 0.2) is 0 Å². The van der Waals surface area contributed by atoms with Crippen molar-refractivity contribution in [1.29, 1.82) is 0 Å². The first-order valence-electron chi connectivity index (χ1n) is 7.67. The predicted molar refractivity (Wildman–Crippen MR) is 83.2 cm³/mol. The third-order valence-electron chi connectivity index (χ3n) is 4.51. The van der Waals surface area contributed by atoms with Gasteiger partial charge in [0.25, 0.3) is 0 Å². The SMILES string of the molecule is Cc1[nH]c2ccccc2c1CC(=O)N1CCCCC1CO. The second-order valence-corrected chi connectivity index (χ2v) is 5.87. The van der Waals surface area contributed by atoms with Crippen molar-refractivity contribution >= 4 is 16.8 Å². The van der Waals surface area contributed by atoms with Crippen LogP contribution < -0.4 is 0 Å². The van der Waals surface area contributed by atoms with Crippen LogP contribution in [0.4, 0.5) is 0 Å². The molecule has 1 aromatic carbocycles. The number of aliphatic hydroxyl groups is 1. The molecule has 1 aliphatic heterocycles. The molecular formula is C17H22N2O2. The Labute approximate surface area is 124 Å². The van der Waals surface area contributed by atoms with Gasteiger partial charge in [0.2, 0.25) is 5.91 Å². The quantitative estimate of drug-likeness (QED) is 0.910. The zero-order valence-corrected chi connectivity index (χ0v) is 12.4. The van der Waals surface area contributed by atoms with Crippen molar-refractivity contribution < 1.29 is 9.90 Å². The molecule has 0 aliphatic carbocycles. The topological polar surface area (TPSA) is 56.3 Å². The monoisotopic (exact) mass is 286 g/mol. The van der Waals surface area contributed by atoms with Crippen molar-refractivity contribution in [3.05, 3.63) is 35.5 Å². The van der Waals surface area contributed by atoms with Gasteiger partial charge in [-0.25, -0.2) is 0 Å². The molecule has 1 aromatic heterocycles. The van der Waals surface area contributed by atoms with E-state index in [1.165, 1.54) is 0 Å². The molecule has 1 amide bonds. The van der Waals surface area contributed by atoms with Crippen molar-refractivity contribution in [3.8, 4) is 0 Å². The van der Waals surface area contributed by atoms with Crippen LogP contribution in [0, 0.1) is 6.92 Å². The summed E-state index contributed by atoms with van der Waals surface area (Å²) >= 11 is 0. The summed E-state index contributed by atoms with van der Waals surface area (Å²) in [4.78, 5) is 17.8. The summed E-state index contributed by atoms with van der Waals surface area (Å²) in [6, 6.07) is 8.09. The average Bonchev–Trinajstić information content (AvgIpc) is 2.83. The second-order valence-electron chi connectivity index (χ2n) is 5.87. The fourth-order valence-electron chi connectivity index (χ4n) is 3.33. The summed E-state index contributed by atoms with van der Waals surface area (Å²) in [5, 5.41) is 10.6. The van der Waals surface area contributed by atoms with E-state index in [1.54, 1.807) is 0 Å². The number of piperidine rings is 1. The first kappa shape index (κ1) is 14.1. The van der Waals surface area contributed by atoms with E-state index < -0.39 is 0 Å². The molecule has 2 aromatic rings. The Kier molecular flexibility index (Phi) is 3.97. The van der Waals surface area contributed by atoms with Crippen LogP contribution >= 0.6 is 0 Å². The molecule has 4 heteroatoms. The standard InChI is InChI=1S/C17H22N2O2/c1-12-15(14-7-2-3-8-16(14)18-12)10-17(21)19-9-5-4-6-13(19)11-20/h2-3,7-8,13,18,20H,4-6,9-11H2,1H3. The van der Waals surface area contributed by atoms with E-state index in [0.717, 1.165) is 48.0 Å². The Morgan fingerprint density at radius 3 is 3.00 bits per heavy atom. The van der Waals surface area contributed by atoms with Gasteiger partial charge in [-0.3, -0.25) is 4.79 Å². The summed E-state index contributed by atoms with van der Waals surface area (Å²) < 4.78 is 0. The number of amides is 1.